The van der Waals surface area contributed by atoms with E-state index >= 15 is 0 Å². The Kier molecular flexibility index (Phi) is 3.80. The Morgan fingerprint density at radius 1 is 1.30 bits per heavy atom. The number of carboxylic acid groups (broad SMARTS) is 1. The highest BCUT2D eigenvalue weighted by Gasteiger charge is 2.14. The Balaban J connectivity index is 2.13. The van der Waals surface area contributed by atoms with E-state index in [0.717, 1.165) is 17.4 Å². The SMILES string of the molecule is O=C(Cc1cc(=O)[nH]c(=O)[nH]1)Nc1ccsc1C(=O)O. The van der Waals surface area contributed by atoms with Gasteiger partial charge in [-0.2, -0.15) is 0 Å². The van der Waals surface area contributed by atoms with Crippen LogP contribution in [0.25, 0.3) is 0 Å². The van der Waals surface area contributed by atoms with Crippen LogP contribution < -0.4 is 16.6 Å². The van der Waals surface area contributed by atoms with Crippen molar-refractivity contribution < 1.29 is 14.7 Å². The molecule has 0 spiro atoms. The third-order valence-electron chi connectivity index (χ3n) is 2.30. The van der Waals surface area contributed by atoms with Crippen LogP contribution in [0, 0.1) is 0 Å². The highest BCUT2D eigenvalue weighted by Crippen LogP contribution is 2.22. The Bertz CT molecular complexity index is 744. The molecule has 0 saturated carbocycles. The van der Waals surface area contributed by atoms with E-state index in [1.54, 1.807) is 0 Å². The molecule has 0 unspecified atom stereocenters. The van der Waals surface area contributed by atoms with Gasteiger partial charge in [0.2, 0.25) is 5.91 Å². The molecule has 0 saturated heterocycles. The number of carbonyl (C=O) groups is 2. The number of amides is 1. The maximum Gasteiger partial charge on any atom is 0.348 e. The minimum absolute atomic E-state index is 0.0118. The molecule has 0 aromatic carbocycles. The van der Waals surface area contributed by atoms with E-state index in [1.165, 1.54) is 11.4 Å². The van der Waals surface area contributed by atoms with Crippen LogP contribution in [0.5, 0.6) is 0 Å². The number of anilines is 1. The molecular formula is C11H9N3O5S. The lowest BCUT2D eigenvalue weighted by Gasteiger charge is -2.04. The maximum atomic E-state index is 11.7. The van der Waals surface area contributed by atoms with E-state index in [4.69, 9.17) is 5.11 Å². The van der Waals surface area contributed by atoms with Gasteiger partial charge in [-0.05, 0) is 11.4 Å². The van der Waals surface area contributed by atoms with Crippen LogP contribution in [-0.2, 0) is 11.2 Å². The zero-order valence-electron chi connectivity index (χ0n) is 9.93. The van der Waals surface area contributed by atoms with Crippen LogP contribution in [0.4, 0.5) is 5.69 Å². The largest absolute Gasteiger partial charge is 0.477 e. The summed E-state index contributed by atoms with van der Waals surface area (Å²) in [6.45, 7) is 0. The van der Waals surface area contributed by atoms with E-state index in [2.05, 4.69) is 10.3 Å². The highest BCUT2D eigenvalue weighted by molar-refractivity contribution is 7.12. The topological polar surface area (TPSA) is 132 Å². The smallest absolute Gasteiger partial charge is 0.348 e. The molecule has 2 heterocycles. The molecule has 8 nitrogen and oxygen atoms in total. The summed E-state index contributed by atoms with van der Waals surface area (Å²) in [5.41, 5.74) is -0.997. The normalized spacial score (nSPS) is 10.2. The number of aromatic amines is 2. The summed E-state index contributed by atoms with van der Waals surface area (Å²) in [4.78, 5) is 49.0. The zero-order chi connectivity index (χ0) is 14.7. The maximum absolute atomic E-state index is 11.7. The average Bonchev–Trinajstić information content (AvgIpc) is 2.75. The summed E-state index contributed by atoms with van der Waals surface area (Å²) in [6.07, 6.45) is -0.242. The monoisotopic (exact) mass is 295 g/mol. The van der Waals surface area contributed by atoms with Crippen LogP contribution in [0.15, 0.2) is 27.1 Å². The summed E-state index contributed by atoms with van der Waals surface area (Å²) in [6, 6.07) is 2.55. The van der Waals surface area contributed by atoms with Gasteiger partial charge < -0.3 is 15.4 Å². The number of hydrogen-bond donors (Lipinski definition) is 4. The quantitative estimate of drug-likeness (QED) is 0.630. The Morgan fingerprint density at radius 2 is 2.05 bits per heavy atom. The van der Waals surface area contributed by atoms with Gasteiger partial charge in [-0.15, -0.1) is 11.3 Å². The van der Waals surface area contributed by atoms with Crippen molar-refractivity contribution in [1.82, 2.24) is 9.97 Å². The average molecular weight is 295 g/mol. The fourth-order valence-electron chi connectivity index (χ4n) is 1.56. The van der Waals surface area contributed by atoms with Crippen molar-refractivity contribution in [3.63, 3.8) is 0 Å². The molecule has 104 valence electrons. The highest BCUT2D eigenvalue weighted by atomic mass is 32.1. The minimum atomic E-state index is -1.14. The van der Waals surface area contributed by atoms with Crippen molar-refractivity contribution in [3.05, 3.63) is 48.9 Å². The zero-order valence-corrected chi connectivity index (χ0v) is 10.7. The Morgan fingerprint density at radius 3 is 2.70 bits per heavy atom. The Hall–Kier alpha value is -2.68. The van der Waals surface area contributed by atoms with E-state index < -0.39 is 23.1 Å². The third-order valence-corrected chi connectivity index (χ3v) is 3.20. The van der Waals surface area contributed by atoms with Crippen molar-refractivity contribution in [2.24, 2.45) is 0 Å². The van der Waals surface area contributed by atoms with Crippen LogP contribution in [0.3, 0.4) is 0 Å². The predicted molar refractivity (Wildman–Crippen MR) is 71.3 cm³/mol. The minimum Gasteiger partial charge on any atom is -0.477 e. The predicted octanol–water partition coefficient (Wildman–Crippen LogP) is 0.00410. The first-order chi connectivity index (χ1) is 9.45. The van der Waals surface area contributed by atoms with E-state index in [1.807, 2.05) is 4.98 Å². The number of aromatic carboxylic acids is 1. The fourth-order valence-corrected chi connectivity index (χ4v) is 2.24. The number of H-pyrrole nitrogens is 2. The number of rotatable bonds is 4. The lowest BCUT2D eigenvalue weighted by molar-refractivity contribution is -0.115. The number of aromatic nitrogens is 2. The van der Waals surface area contributed by atoms with Crippen LogP contribution in [0.1, 0.15) is 15.4 Å². The number of hydrogen-bond acceptors (Lipinski definition) is 5. The van der Waals surface area contributed by atoms with Gasteiger partial charge in [0.25, 0.3) is 5.56 Å². The summed E-state index contributed by atoms with van der Waals surface area (Å²) in [5.74, 6) is -1.67. The second kappa shape index (κ2) is 5.53. The number of thiophene rings is 1. The molecule has 9 heteroatoms. The number of carbonyl (C=O) groups excluding carboxylic acids is 1. The molecule has 0 fully saturated rings. The Labute approximate surface area is 115 Å². The van der Waals surface area contributed by atoms with Crippen molar-refractivity contribution in [1.29, 1.82) is 0 Å². The van der Waals surface area contributed by atoms with Gasteiger partial charge in [-0.25, -0.2) is 9.59 Å². The third kappa shape index (κ3) is 3.20. The molecule has 0 radical (unpaired) electrons. The number of carboxylic acids is 1. The van der Waals surface area contributed by atoms with Gasteiger partial charge in [-0.1, -0.05) is 0 Å². The van der Waals surface area contributed by atoms with Gasteiger partial charge >= 0.3 is 11.7 Å². The molecule has 1 amide bonds. The first kappa shape index (κ1) is 13.7. The summed E-state index contributed by atoms with van der Waals surface area (Å²) >= 11 is 0.984. The molecule has 4 N–H and O–H groups in total. The van der Waals surface area contributed by atoms with Crippen molar-refractivity contribution in [2.75, 3.05) is 5.32 Å². The van der Waals surface area contributed by atoms with Gasteiger partial charge in [0.05, 0.1) is 12.1 Å². The molecule has 2 rings (SSSR count). The van der Waals surface area contributed by atoms with Gasteiger partial charge in [0.1, 0.15) is 4.88 Å². The fraction of sp³-hybridized carbons (Fsp3) is 0.0909. The van der Waals surface area contributed by atoms with Gasteiger partial charge in [-0.3, -0.25) is 14.6 Å². The van der Waals surface area contributed by atoms with Crippen LogP contribution >= 0.6 is 11.3 Å². The molecule has 0 aliphatic rings. The number of nitrogens with one attached hydrogen (secondary N) is 3. The lowest BCUT2D eigenvalue weighted by atomic mass is 10.2. The molecule has 0 bridgehead atoms. The summed E-state index contributed by atoms with van der Waals surface area (Å²) in [5, 5.41) is 12.8. The van der Waals surface area contributed by atoms with E-state index in [9.17, 15) is 19.2 Å². The van der Waals surface area contributed by atoms with Crippen LogP contribution in [-0.4, -0.2) is 27.0 Å². The lowest BCUT2D eigenvalue weighted by Crippen LogP contribution is -2.25. The van der Waals surface area contributed by atoms with Crippen LogP contribution in [0.2, 0.25) is 0 Å². The molecule has 0 atom stereocenters. The van der Waals surface area contributed by atoms with Gasteiger partial charge in [0.15, 0.2) is 0 Å². The first-order valence-electron chi connectivity index (χ1n) is 5.39. The molecule has 2 aromatic heterocycles. The van der Waals surface area contributed by atoms with E-state index in [0.29, 0.717) is 0 Å². The molecular weight excluding hydrogens is 286 g/mol. The second-order valence-electron chi connectivity index (χ2n) is 3.81. The summed E-state index contributed by atoms with van der Waals surface area (Å²) < 4.78 is 0. The molecule has 0 aliphatic heterocycles. The summed E-state index contributed by atoms with van der Waals surface area (Å²) in [7, 11) is 0. The molecule has 2 aromatic rings. The van der Waals surface area contributed by atoms with Crippen molar-refractivity contribution in [3.8, 4) is 0 Å². The van der Waals surface area contributed by atoms with Crippen molar-refractivity contribution in [2.45, 2.75) is 6.42 Å². The van der Waals surface area contributed by atoms with E-state index in [-0.39, 0.29) is 22.7 Å². The first-order valence-corrected chi connectivity index (χ1v) is 6.27. The standard InChI is InChI=1S/C11H9N3O5S/c15-7(3-5-4-8(16)14-11(19)12-5)13-6-1-2-20-9(6)10(17)18/h1-2,4H,3H2,(H,13,15)(H,17,18)(H2,12,14,16,19). The molecule has 0 aliphatic carbocycles. The van der Waals surface area contributed by atoms with Crippen molar-refractivity contribution >= 4 is 28.9 Å². The molecule has 20 heavy (non-hydrogen) atoms. The van der Waals surface area contributed by atoms with Gasteiger partial charge in [0, 0.05) is 11.8 Å². The second-order valence-corrected chi connectivity index (χ2v) is 4.72.